The summed E-state index contributed by atoms with van der Waals surface area (Å²) in [6.45, 7) is 1.38. The number of ether oxygens (including phenoxy) is 1. The van der Waals surface area contributed by atoms with E-state index in [1.165, 1.54) is 7.11 Å². The van der Waals surface area contributed by atoms with Gasteiger partial charge in [0.2, 0.25) is 0 Å². The van der Waals surface area contributed by atoms with Crippen LogP contribution in [-0.4, -0.2) is 36.9 Å². The van der Waals surface area contributed by atoms with Crippen molar-refractivity contribution in [2.24, 2.45) is 0 Å². The standard InChI is InChI=1S/C19H21NO3/c1-23-19(22)12-13-20(14-16-8-4-2-5-9-16)15-18(21)17-10-6-3-7-11-17/h2-11H,12-15H2,1H3. The molecule has 0 aliphatic heterocycles. The highest BCUT2D eigenvalue weighted by molar-refractivity contribution is 5.97. The first kappa shape index (κ1) is 16.9. The van der Waals surface area contributed by atoms with Crippen LogP contribution in [0.3, 0.4) is 0 Å². The summed E-state index contributed by atoms with van der Waals surface area (Å²) in [5.41, 5.74) is 1.79. The van der Waals surface area contributed by atoms with Crippen LogP contribution in [0, 0.1) is 0 Å². The second-order valence-electron chi connectivity index (χ2n) is 5.31. The molecular formula is C19H21NO3. The Hall–Kier alpha value is -2.46. The van der Waals surface area contributed by atoms with Crippen LogP contribution in [0.4, 0.5) is 0 Å². The largest absolute Gasteiger partial charge is 0.469 e. The van der Waals surface area contributed by atoms with Crippen molar-refractivity contribution in [3.8, 4) is 0 Å². The van der Waals surface area contributed by atoms with Gasteiger partial charge in [-0.3, -0.25) is 14.5 Å². The summed E-state index contributed by atoms with van der Waals surface area (Å²) in [5, 5.41) is 0. The Kier molecular flexibility index (Phi) is 6.51. The number of methoxy groups -OCH3 is 1. The van der Waals surface area contributed by atoms with Crippen LogP contribution in [0.5, 0.6) is 0 Å². The molecule has 0 saturated carbocycles. The van der Waals surface area contributed by atoms with Crippen molar-refractivity contribution in [1.29, 1.82) is 0 Å². The first-order chi connectivity index (χ1) is 11.2. The highest BCUT2D eigenvalue weighted by atomic mass is 16.5. The van der Waals surface area contributed by atoms with E-state index >= 15 is 0 Å². The molecule has 2 rings (SSSR count). The Morgan fingerprint density at radius 2 is 1.57 bits per heavy atom. The molecule has 0 aliphatic rings. The summed E-state index contributed by atoms with van der Waals surface area (Å²) < 4.78 is 4.69. The first-order valence-corrected chi connectivity index (χ1v) is 7.60. The lowest BCUT2D eigenvalue weighted by Gasteiger charge is -2.21. The van der Waals surface area contributed by atoms with Crippen LogP contribution < -0.4 is 0 Å². The van der Waals surface area contributed by atoms with Gasteiger partial charge in [0, 0.05) is 18.7 Å². The molecule has 0 atom stereocenters. The average Bonchev–Trinajstić information content (AvgIpc) is 2.61. The second kappa shape index (κ2) is 8.86. The number of carbonyl (C=O) groups excluding carboxylic acids is 2. The fraction of sp³-hybridized carbons (Fsp3) is 0.263. The van der Waals surface area contributed by atoms with Gasteiger partial charge in [0.15, 0.2) is 5.78 Å². The number of benzene rings is 2. The van der Waals surface area contributed by atoms with Gasteiger partial charge in [0.1, 0.15) is 0 Å². The van der Waals surface area contributed by atoms with Crippen molar-refractivity contribution < 1.29 is 14.3 Å². The Morgan fingerprint density at radius 1 is 0.957 bits per heavy atom. The van der Waals surface area contributed by atoms with Gasteiger partial charge in [0.05, 0.1) is 20.1 Å². The van der Waals surface area contributed by atoms with Gasteiger partial charge in [-0.25, -0.2) is 0 Å². The van der Waals surface area contributed by atoms with E-state index in [4.69, 9.17) is 0 Å². The first-order valence-electron chi connectivity index (χ1n) is 7.60. The zero-order valence-electron chi connectivity index (χ0n) is 13.3. The van der Waals surface area contributed by atoms with Gasteiger partial charge in [-0.15, -0.1) is 0 Å². The van der Waals surface area contributed by atoms with Crippen LogP contribution in [0.2, 0.25) is 0 Å². The minimum Gasteiger partial charge on any atom is -0.469 e. The maximum atomic E-state index is 12.4. The minimum atomic E-state index is -0.268. The summed E-state index contributed by atoms with van der Waals surface area (Å²) in [6, 6.07) is 19.1. The predicted octanol–water partition coefficient (Wildman–Crippen LogP) is 2.93. The molecule has 0 fully saturated rings. The average molecular weight is 311 g/mol. The molecule has 4 heteroatoms. The number of hydrogen-bond donors (Lipinski definition) is 0. The second-order valence-corrected chi connectivity index (χ2v) is 5.31. The van der Waals surface area contributed by atoms with Crippen molar-refractivity contribution in [2.45, 2.75) is 13.0 Å². The number of nitrogens with zero attached hydrogens (tertiary/aromatic N) is 1. The lowest BCUT2D eigenvalue weighted by molar-refractivity contribution is -0.141. The van der Waals surface area contributed by atoms with E-state index in [0.29, 0.717) is 18.7 Å². The number of rotatable bonds is 8. The van der Waals surface area contributed by atoms with E-state index < -0.39 is 0 Å². The van der Waals surface area contributed by atoms with E-state index in [2.05, 4.69) is 4.74 Å². The molecule has 0 aliphatic carbocycles. The molecule has 0 heterocycles. The molecule has 2 aromatic carbocycles. The topological polar surface area (TPSA) is 46.6 Å². The van der Waals surface area contributed by atoms with E-state index in [9.17, 15) is 9.59 Å². The molecule has 0 amide bonds. The molecule has 120 valence electrons. The van der Waals surface area contributed by atoms with Crippen molar-refractivity contribution in [3.63, 3.8) is 0 Å². The number of ketones is 1. The molecule has 0 aromatic heterocycles. The number of hydrogen-bond acceptors (Lipinski definition) is 4. The highest BCUT2D eigenvalue weighted by Crippen LogP contribution is 2.08. The van der Waals surface area contributed by atoms with Gasteiger partial charge in [-0.05, 0) is 5.56 Å². The molecule has 0 bridgehead atoms. The third-order valence-electron chi connectivity index (χ3n) is 3.57. The monoisotopic (exact) mass is 311 g/mol. The molecule has 0 N–H and O–H groups in total. The maximum absolute atomic E-state index is 12.4. The zero-order valence-corrected chi connectivity index (χ0v) is 13.3. The Labute approximate surface area is 136 Å². The quantitative estimate of drug-likeness (QED) is 0.555. The predicted molar refractivity (Wildman–Crippen MR) is 89.1 cm³/mol. The molecule has 0 unspecified atom stereocenters. The molecule has 0 radical (unpaired) electrons. The Balaban J connectivity index is 2.03. The number of Topliss-reactive ketones (excluding diaryl/α,β-unsaturated/α-hetero) is 1. The third-order valence-corrected chi connectivity index (χ3v) is 3.57. The van der Waals surface area contributed by atoms with E-state index in [0.717, 1.165) is 5.56 Å². The summed E-state index contributed by atoms with van der Waals surface area (Å²) in [7, 11) is 1.37. The fourth-order valence-electron chi connectivity index (χ4n) is 2.33. The Bertz CT molecular complexity index is 626. The van der Waals surface area contributed by atoms with E-state index in [-0.39, 0.29) is 24.7 Å². The van der Waals surface area contributed by atoms with Crippen LogP contribution in [0.15, 0.2) is 60.7 Å². The smallest absolute Gasteiger partial charge is 0.306 e. The summed E-state index contributed by atoms with van der Waals surface area (Å²) >= 11 is 0. The van der Waals surface area contributed by atoms with Gasteiger partial charge in [-0.2, -0.15) is 0 Å². The summed E-state index contributed by atoms with van der Waals surface area (Å²) in [4.78, 5) is 25.8. The van der Waals surface area contributed by atoms with Crippen molar-refractivity contribution in [3.05, 3.63) is 71.8 Å². The van der Waals surface area contributed by atoms with Crippen LogP contribution >= 0.6 is 0 Å². The highest BCUT2D eigenvalue weighted by Gasteiger charge is 2.14. The van der Waals surface area contributed by atoms with Gasteiger partial charge >= 0.3 is 5.97 Å². The van der Waals surface area contributed by atoms with Crippen molar-refractivity contribution in [2.75, 3.05) is 20.2 Å². The number of esters is 1. The molecule has 0 saturated heterocycles. The van der Waals surface area contributed by atoms with Crippen molar-refractivity contribution >= 4 is 11.8 Å². The maximum Gasteiger partial charge on any atom is 0.306 e. The van der Waals surface area contributed by atoms with E-state index in [1.807, 2.05) is 65.6 Å². The lowest BCUT2D eigenvalue weighted by Crippen LogP contribution is -2.31. The molecule has 4 nitrogen and oxygen atoms in total. The fourth-order valence-corrected chi connectivity index (χ4v) is 2.33. The summed E-state index contributed by atoms with van der Waals surface area (Å²) in [6.07, 6.45) is 0.269. The molecule has 2 aromatic rings. The van der Waals surface area contributed by atoms with Crippen LogP contribution in [0.1, 0.15) is 22.3 Å². The lowest BCUT2D eigenvalue weighted by atomic mass is 10.1. The molecule has 23 heavy (non-hydrogen) atoms. The molecule has 0 spiro atoms. The normalized spacial score (nSPS) is 10.5. The number of carbonyl (C=O) groups is 2. The van der Waals surface area contributed by atoms with Crippen LogP contribution in [-0.2, 0) is 16.1 Å². The minimum absolute atomic E-state index is 0.0476. The van der Waals surface area contributed by atoms with Gasteiger partial charge < -0.3 is 4.74 Å². The summed E-state index contributed by atoms with van der Waals surface area (Å²) in [5.74, 6) is -0.221. The van der Waals surface area contributed by atoms with Crippen LogP contribution in [0.25, 0.3) is 0 Å². The van der Waals surface area contributed by atoms with Gasteiger partial charge in [-0.1, -0.05) is 60.7 Å². The Morgan fingerprint density at radius 3 is 2.17 bits per heavy atom. The third kappa shape index (κ3) is 5.68. The zero-order chi connectivity index (χ0) is 16.5. The van der Waals surface area contributed by atoms with Crippen molar-refractivity contribution in [1.82, 2.24) is 4.90 Å². The SMILES string of the molecule is COC(=O)CCN(CC(=O)c1ccccc1)Cc1ccccc1. The van der Waals surface area contributed by atoms with E-state index in [1.54, 1.807) is 0 Å². The van der Waals surface area contributed by atoms with Gasteiger partial charge in [0.25, 0.3) is 0 Å². The molecular weight excluding hydrogens is 290 g/mol.